The maximum absolute atomic E-state index is 10.8. The van der Waals surface area contributed by atoms with Crippen LogP contribution < -0.4 is 0 Å². The molecule has 0 saturated heterocycles. The zero-order valence-corrected chi connectivity index (χ0v) is 7.60. The standard InChI is InChI=1S/C9H12O5/c1-3-5-14-9(4-2,8(12)13)6-7(10)11/h3-4H,1-2,5-6H2,(H,10,11)(H,12,13). The Morgan fingerprint density at radius 1 is 1.36 bits per heavy atom. The van der Waals surface area contributed by atoms with Crippen molar-refractivity contribution in [2.45, 2.75) is 12.0 Å². The van der Waals surface area contributed by atoms with Crippen LogP contribution in [0.4, 0.5) is 0 Å². The number of carboxylic acids is 2. The molecule has 0 spiro atoms. The highest BCUT2D eigenvalue weighted by molar-refractivity contribution is 5.86. The Morgan fingerprint density at radius 3 is 2.21 bits per heavy atom. The van der Waals surface area contributed by atoms with Crippen molar-refractivity contribution in [2.24, 2.45) is 0 Å². The van der Waals surface area contributed by atoms with Crippen LogP contribution in [0, 0.1) is 0 Å². The molecule has 0 amide bonds. The van der Waals surface area contributed by atoms with Crippen LogP contribution in [0.1, 0.15) is 6.42 Å². The third-order valence-electron chi connectivity index (χ3n) is 1.56. The van der Waals surface area contributed by atoms with Gasteiger partial charge in [0.25, 0.3) is 0 Å². The van der Waals surface area contributed by atoms with Crippen LogP contribution in [0.3, 0.4) is 0 Å². The molecule has 0 saturated carbocycles. The van der Waals surface area contributed by atoms with Crippen LogP contribution in [0.2, 0.25) is 0 Å². The van der Waals surface area contributed by atoms with E-state index in [-0.39, 0.29) is 6.61 Å². The van der Waals surface area contributed by atoms with Gasteiger partial charge in [-0.3, -0.25) is 4.79 Å². The quantitative estimate of drug-likeness (QED) is 0.590. The maximum atomic E-state index is 10.8. The van der Waals surface area contributed by atoms with Gasteiger partial charge in [0.05, 0.1) is 13.0 Å². The van der Waals surface area contributed by atoms with Gasteiger partial charge in [-0.1, -0.05) is 12.7 Å². The van der Waals surface area contributed by atoms with E-state index in [1.165, 1.54) is 6.08 Å². The van der Waals surface area contributed by atoms with Gasteiger partial charge in [0, 0.05) is 0 Å². The van der Waals surface area contributed by atoms with Crippen molar-refractivity contribution in [2.75, 3.05) is 6.61 Å². The van der Waals surface area contributed by atoms with Crippen LogP contribution in [-0.2, 0) is 14.3 Å². The summed E-state index contributed by atoms with van der Waals surface area (Å²) < 4.78 is 4.88. The molecule has 2 N–H and O–H groups in total. The molecule has 0 aromatic rings. The Morgan fingerprint density at radius 2 is 1.93 bits per heavy atom. The highest BCUT2D eigenvalue weighted by Crippen LogP contribution is 2.18. The van der Waals surface area contributed by atoms with Gasteiger partial charge in [-0.15, -0.1) is 6.58 Å². The lowest BCUT2D eigenvalue weighted by atomic mass is 10.00. The van der Waals surface area contributed by atoms with Crippen molar-refractivity contribution < 1.29 is 24.5 Å². The van der Waals surface area contributed by atoms with Crippen LogP contribution in [0.25, 0.3) is 0 Å². The minimum Gasteiger partial charge on any atom is -0.481 e. The third-order valence-corrected chi connectivity index (χ3v) is 1.56. The molecular weight excluding hydrogens is 188 g/mol. The Hall–Kier alpha value is -1.62. The largest absolute Gasteiger partial charge is 0.481 e. The van der Waals surface area contributed by atoms with Gasteiger partial charge < -0.3 is 14.9 Å². The normalized spacial score (nSPS) is 14.0. The number of hydrogen-bond donors (Lipinski definition) is 2. The SMILES string of the molecule is C=CCOC(C=C)(CC(=O)O)C(=O)O. The highest BCUT2D eigenvalue weighted by atomic mass is 16.5. The van der Waals surface area contributed by atoms with E-state index in [2.05, 4.69) is 13.2 Å². The predicted octanol–water partition coefficient (Wildman–Crippen LogP) is 0.673. The summed E-state index contributed by atoms with van der Waals surface area (Å²) in [6.45, 7) is 6.54. The molecule has 5 nitrogen and oxygen atoms in total. The van der Waals surface area contributed by atoms with Crippen molar-refractivity contribution in [3.8, 4) is 0 Å². The Balaban J connectivity index is 4.77. The van der Waals surface area contributed by atoms with Gasteiger partial charge in [0.2, 0.25) is 0 Å². The lowest BCUT2D eigenvalue weighted by Crippen LogP contribution is -2.41. The molecule has 5 heteroatoms. The summed E-state index contributed by atoms with van der Waals surface area (Å²) in [6, 6.07) is 0. The number of aliphatic carboxylic acids is 2. The summed E-state index contributed by atoms with van der Waals surface area (Å²) in [5, 5.41) is 17.3. The lowest BCUT2D eigenvalue weighted by molar-refractivity contribution is -0.164. The first-order valence-corrected chi connectivity index (χ1v) is 3.82. The van der Waals surface area contributed by atoms with Crippen LogP contribution in [-0.4, -0.2) is 34.4 Å². The van der Waals surface area contributed by atoms with E-state index in [0.29, 0.717) is 0 Å². The smallest absolute Gasteiger partial charge is 0.340 e. The van der Waals surface area contributed by atoms with Crippen LogP contribution in [0.5, 0.6) is 0 Å². The van der Waals surface area contributed by atoms with E-state index in [9.17, 15) is 9.59 Å². The maximum Gasteiger partial charge on any atom is 0.340 e. The summed E-state index contributed by atoms with van der Waals surface area (Å²) in [5.41, 5.74) is -1.87. The second-order valence-electron chi connectivity index (χ2n) is 2.57. The summed E-state index contributed by atoms with van der Waals surface area (Å²) in [4.78, 5) is 21.2. The molecule has 0 fully saturated rings. The molecule has 14 heavy (non-hydrogen) atoms. The molecule has 0 aliphatic carbocycles. The van der Waals surface area contributed by atoms with Gasteiger partial charge in [-0.2, -0.15) is 0 Å². The first-order chi connectivity index (χ1) is 6.48. The third kappa shape index (κ3) is 3.02. The minimum absolute atomic E-state index is 0.0500. The molecule has 0 aromatic carbocycles. The van der Waals surface area contributed by atoms with Gasteiger partial charge >= 0.3 is 11.9 Å². The van der Waals surface area contributed by atoms with Gasteiger partial charge in [-0.05, 0) is 6.08 Å². The molecule has 0 aliphatic rings. The zero-order chi connectivity index (χ0) is 11.2. The van der Waals surface area contributed by atoms with Crippen molar-refractivity contribution >= 4 is 11.9 Å². The molecule has 78 valence electrons. The number of carbonyl (C=O) groups is 2. The first-order valence-electron chi connectivity index (χ1n) is 3.82. The molecular formula is C9H12O5. The first kappa shape index (κ1) is 12.4. The molecule has 0 rings (SSSR count). The van der Waals surface area contributed by atoms with E-state index in [1.54, 1.807) is 0 Å². The van der Waals surface area contributed by atoms with Crippen molar-refractivity contribution in [1.29, 1.82) is 0 Å². The van der Waals surface area contributed by atoms with Gasteiger partial charge in [0.15, 0.2) is 5.60 Å². The summed E-state index contributed by atoms with van der Waals surface area (Å²) in [7, 11) is 0. The second kappa shape index (κ2) is 5.18. The predicted molar refractivity (Wildman–Crippen MR) is 49.0 cm³/mol. The number of ether oxygens (including phenoxy) is 1. The molecule has 0 radical (unpaired) electrons. The summed E-state index contributed by atoms with van der Waals surface area (Å²) in [6.07, 6.45) is 1.63. The van der Waals surface area contributed by atoms with Crippen molar-refractivity contribution in [1.82, 2.24) is 0 Å². The summed E-state index contributed by atoms with van der Waals surface area (Å²) in [5.74, 6) is -2.65. The molecule has 0 bridgehead atoms. The number of rotatable bonds is 7. The number of carboxylic acid groups (broad SMARTS) is 2. The minimum atomic E-state index is -1.87. The van der Waals surface area contributed by atoms with Crippen molar-refractivity contribution in [3.05, 3.63) is 25.3 Å². The Labute approximate surface area is 81.3 Å². The van der Waals surface area contributed by atoms with E-state index < -0.39 is 24.0 Å². The van der Waals surface area contributed by atoms with Crippen LogP contribution in [0.15, 0.2) is 25.3 Å². The van der Waals surface area contributed by atoms with Crippen LogP contribution >= 0.6 is 0 Å². The molecule has 1 unspecified atom stereocenters. The van der Waals surface area contributed by atoms with Crippen molar-refractivity contribution in [3.63, 3.8) is 0 Å². The van der Waals surface area contributed by atoms with E-state index in [4.69, 9.17) is 14.9 Å². The number of hydrogen-bond acceptors (Lipinski definition) is 3. The zero-order valence-electron chi connectivity index (χ0n) is 7.60. The van der Waals surface area contributed by atoms with E-state index in [1.807, 2.05) is 0 Å². The average molecular weight is 200 g/mol. The molecule has 0 aliphatic heterocycles. The van der Waals surface area contributed by atoms with E-state index >= 15 is 0 Å². The summed E-state index contributed by atoms with van der Waals surface area (Å²) >= 11 is 0. The Kier molecular flexibility index (Phi) is 4.58. The monoisotopic (exact) mass is 200 g/mol. The molecule has 0 heterocycles. The highest BCUT2D eigenvalue weighted by Gasteiger charge is 2.38. The van der Waals surface area contributed by atoms with E-state index in [0.717, 1.165) is 6.08 Å². The average Bonchev–Trinajstić information content (AvgIpc) is 2.11. The molecule has 0 aromatic heterocycles. The van der Waals surface area contributed by atoms with Gasteiger partial charge in [0.1, 0.15) is 0 Å². The Bertz CT molecular complexity index is 258. The van der Waals surface area contributed by atoms with Gasteiger partial charge in [-0.25, -0.2) is 4.79 Å². The fourth-order valence-corrected chi connectivity index (χ4v) is 0.839. The lowest BCUT2D eigenvalue weighted by Gasteiger charge is -2.23. The fraction of sp³-hybridized carbons (Fsp3) is 0.333. The topological polar surface area (TPSA) is 83.8 Å². The molecule has 1 atom stereocenters. The second-order valence-corrected chi connectivity index (χ2v) is 2.57. The fourth-order valence-electron chi connectivity index (χ4n) is 0.839.